The molecule has 3 rings (SSSR count). The minimum absolute atomic E-state index is 0.0607. The van der Waals surface area contributed by atoms with Crippen LogP contribution in [0.4, 0.5) is 0 Å². The number of hydrogen-bond acceptors (Lipinski definition) is 4. The molecule has 162 valence electrons. The Morgan fingerprint density at radius 1 is 0.774 bits per heavy atom. The van der Waals surface area contributed by atoms with E-state index in [-0.39, 0.29) is 11.8 Å². The first kappa shape index (κ1) is 22.2. The molecule has 0 bridgehead atoms. The largest absolute Gasteiger partial charge is 0.497 e. The molecule has 1 atom stereocenters. The average molecular weight is 420 g/mol. The number of nitrogens with one attached hydrogen (secondary N) is 1. The molecule has 0 unspecified atom stereocenters. The Labute approximate surface area is 184 Å². The molecule has 0 spiro atoms. The van der Waals surface area contributed by atoms with Gasteiger partial charge in [-0.15, -0.1) is 0 Å². The second kappa shape index (κ2) is 10.5. The summed E-state index contributed by atoms with van der Waals surface area (Å²) in [5, 5.41) is 3.25. The summed E-state index contributed by atoms with van der Waals surface area (Å²) >= 11 is 0. The normalized spacial score (nSPS) is 11.6. The fourth-order valence-corrected chi connectivity index (χ4v) is 3.78. The van der Waals surface area contributed by atoms with Crippen molar-refractivity contribution in [3.05, 3.63) is 89.5 Å². The predicted octanol–water partition coefficient (Wildman–Crippen LogP) is 5.11. The van der Waals surface area contributed by atoms with Gasteiger partial charge >= 0.3 is 0 Å². The van der Waals surface area contributed by atoms with Crippen LogP contribution in [0.5, 0.6) is 17.2 Å². The number of amides is 1. The molecular formula is C26H29NO4. The third kappa shape index (κ3) is 5.00. The lowest BCUT2D eigenvalue weighted by atomic mass is 9.92. The first-order valence-corrected chi connectivity index (χ1v) is 10.3. The molecule has 3 aromatic carbocycles. The van der Waals surface area contributed by atoms with E-state index in [1.54, 1.807) is 21.3 Å². The number of methoxy groups -OCH3 is 3. The minimum Gasteiger partial charge on any atom is -0.497 e. The van der Waals surface area contributed by atoms with Gasteiger partial charge in [-0.05, 0) is 36.2 Å². The van der Waals surface area contributed by atoms with Gasteiger partial charge in [0.1, 0.15) is 17.2 Å². The van der Waals surface area contributed by atoms with E-state index in [0.717, 1.165) is 22.4 Å². The summed E-state index contributed by atoms with van der Waals surface area (Å²) < 4.78 is 16.4. The van der Waals surface area contributed by atoms with E-state index in [1.807, 2.05) is 79.7 Å². The standard InChI is InChI=1S/C26H29NO4/c1-5-20(18-14-16-19(29-2)17-15-18)26(28)27-25(21-10-6-8-12-23(21)30-3)22-11-7-9-13-24(22)31-4/h6-17,20,25H,5H2,1-4H3,(H,27,28)/t20-/m0/s1. The van der Waals surface area contributed by atoms with Crippen LogP contribution < -0.4 is 19.5 Å². The fraction of sp³-hybridized carbons (Fsp3) is 0.269. The highest BCUT2D eigenvalue weighted by molar-refractivity contribution is 5.84. The molecule has 1 amide bonds. The lowest BCUT2D eigenvalue weighted by molar-refractivity contribution is -0.123. The zero-order chi connectivity index (χ0) is 22.2. The SMILES string of the molecule is CC[C@H](C(=O)NC(c1ccccc1OC)c1ccccc1OC)c1ccc(OC)cc1. The Hall–Kier alpha value is -3.47. The summed E-state index contributed by atoms with van der Waals surface area (Å²) in [6, 6.07) is 22.6. The molecule has 3 aromatic rings. The van der Waals surface area contributed by atoms with Crippen molar-refractivity contribution in [3.8, 4) is 17.2 Å². The van der Waals surface area contributed by atoms with E-state index in [4.69, 9.17) is 14.2 Å². The number of carbonyl (C=O) groups is 1. The van der Waals surface area contributed by atoms with Crippen LogP contribution in [0.25, 0.3) is 0 Å². The van der Waals surface area contributed by atoms with E-state index in [9.17, 15) is 4.79 Å². The molecule has 0 saturated carbocycles. The Kier molecular flexibility index (Phi) is 7.55. The van der Waals surface area contributed by atoms with Gasteiger partial charge in [-0.3, -0.25) is 4.79 Å². The van der Waals surface area contributed by atoms with Crippen LogP contribution in [-0.4, -0.2) is 27.2 Å². The molecule has 0 aliphatic carbocycles. The zero-order valence-electron chi connectivity index (χ0n) is 18.4. The van der Waals surface area contributed by atoms with Crippen molar-refractivity contribution in [1.29, 1.82) is 0 Å². The predicted molar refractivity (Wildman–Crippen MR) is 122 cm³/mol. The maximum Gasteiger partial charge on any atom is 0.228 e. The number of carbonyl (C=O) groups excluding carboxylic acids is 1. The topological polar surface area (TPSA) is 56.8 Å². The zero-order valence-corrected chi connectivity index (χ0v) is 18.4. The van der Waals surface area contributed by atoms with Crippen molar-refractivity contribution in [2.24, 2.45) is 0 Å². The molecule has 0 aromatic heterocycles. The lowest BCUT2D eigenvalue weighted by Crippen LogP contribution is -2.34. The van der Waals surface area contributed by atoms with Gasteiger partial charge in [0.05, 0.1) is 33.3 Å². The second-order valence-corrected chi connectivity index (χ2v) is 7.16. The molecule has 1 N–H and O–H groups in total. The van der Waals surface area contributed by atoms with Crippen molar-refractivity contribution in [3.63, 3.8) is 0 Å². The lowest BCUT2D eigenvalue weighted by Gasteiger charge is -2.26. The number of hydrogen-bond donors (Lipinski definition) is 1. The first-order valence-electron chi connectivity index (χ1n) is 10.3. The summed E-state index contributed by atoms with van der Waals surface area (Å²) in [6.45, 7) is 2.01. The summed E-state index contributed by atoms with van der Waals surface area (Å²) in [7, 11) is 4.89. The highest BCUT2D eigenvalue weighted by Gasteiger charge is 2.27. The van der Waals surface area contributed by atoms with E-state index < -0.39 is 6.04 Å². The van der Waals surface area contributed by atoms with Crippen molar-refractivity contribution in [2.75, 3.05) is 21.3 Å². The minimum atomic E-state index is -0.424. The monoisotopic (exact) mass is 419 g/mol. The average Bonchev–Trinajstić information content (AvgIpc) is 2.83. The molecule has 0 saturated heterocycles. The van der Waals surface area contributed by atoms with Gasteiger partial charge in [0.2, 0.25) is 5.91 Å². The second-order valence-electron chi connectivity index (χ2n) is 7.16. The van der Waals surface area contributed by atoms with E-state index in [1.165, 1.54) is 0 Å². The van der Waals surface area contributed by atoms with E-state index in [0.29, 0.717) is 17.9 Å². The third-order valence-corrected chi connectivity index (χ3v) is 5.43. The Balaban J connectivity index is 2.00. The maximum atomic E-state index is 13.5. The van der Waals surface area contributed by atoms with Crippen LogP contribution in [-0.2, 0) is 4.79 Å². The van der Waals surface area contributed by atoms with E-state index in [2.05, 4.69) is 5.32 Å². The van der Waals surface area contributed by atoms with Crippen molar-refractivity contribution in [2.45, 2.75) is 25.3 Å². The van der Waals surface area contributed by atoms with Gasteiger partial charge < -0.3 is 19.5 Å². The summed E-state index contributed by atoms with van der Waals surface area (Å²) in [6.07, 6.45) is 0.669. The van der Waals surface area contributed by atoms with Crippen molar-refractivity contribution >= 4 is 5.91 Å². The number of para-hydroxylation sites is 2. The van der Waals surface area contributed by atoms with Crippen LogP contribution in [0, 0.1) is 0 Å². The quantitative estimate of drug-likeness (QED) is 0.524. The Morgan fingerprint density at radius 3 is 1.74 bits per heavy atom. The summed E-state index contributed by atoms with van der Waals surface area (Å²) in [5.41, 5.74) is 2.68. The fourth-order valence-electron chi connectivity index (χ4n) is 3.78. The number of ether oxygens (including phenoxy) is 3. The maximum absolute atomic E-state index is 13.5. The Bertz CT molecular complexity index is 953. The molecule has 0 aliphatic rings. The molecule has 0 heterocycles. The molecule has 5 heteroatoms. The smallest absolute Gasteiger partial charge is 0.228 e. The van der Waals surface area contributed by atoms with E-state index >= 15 is 0 Å². The molecule has 0 aliphatic heterocycles. The van der Waals surface area contributed by atoms with Crippen LogP contribution in [0.15, 0.2) is 72.8 Å². The van der Waals surface area contributed by atoms with Crippen LogP contribution in [0.3, 0.4) is 0 Å². The van der Waals surface area contributed by atoms with Crippen LogP contribution >= 0.6 is 0 Å². The third-order valence-electron chi connectivity index (χ3n) is 5.43. The first-order chi connectivity index (χ1) is 15.1. The number of rotatable bonds is 9. The van der Waals surface area contributed by atoms with Gasteiger partial charge in [0.25, 0.3) is 0 Å². The van der Waals surface area contributed by atoms with Gasteiger partial charge in [0.15, 0.2) is 0 Å². The van der Waals surface area contributed by atoms with Gasteiger partial charge in [-0.25, -0.2) is 0 Å². The molecule has 0 radical (unpaired) electrons. The van der Waals surface area contributed by atoms with Gasteiger partial charge in [-0.2, -0.15) is 0 Å². The molecule has 31 heavy (non-hydrogen) atoms. The van der Waals surface area contributed by atoms with Crippen molar-refractivity contribution < 1.29 is 19.0 Å². The highest BCUT2D eigenvalue weighted by Crippen LogP contribution is 2.35. The van der Waals surface area contributed by atoms with Gasteiger partial charge in [0, 0.05) is 11.1 Å². The Morgan fingerprint density at radius 2 is 1.29 bits per heavy atom. The number of benzene rings is 3. The van der Waals surface area contributed by atoms with Gasteiger partial charge in [-0.1, -0.05) is 55.5 Å². The molecule has 0 fully saturated rings. The molecule has 5 nitrogen and oxygen atoms in total. The van der Waals surface area contributed by atoms with Crippen molar-refractivity contribution in [1.82, 2.24) is 5.32 Å². The summed E-state index contributed by atoms with van der Waals surface area (Å²) in [5.74, 6) is 1.82. The van der Waals surface area contributed by atoms with Crippen LogP contribution in [0.2, 0.25) is 0 Å². The highest BCUT2D eigenvalue weighted by atomic mass is 16.5. The molecular weight excluding hydrogens is 390 g/mol. The summed E-state index contributed by atoms with van der Waals surface area (Å²) in [4.78, 5) is 13.5. The van der Waals surface area contributed by atoms with Crippen LogP contribution in [0.1, 0.15) is 42.0 Å².